The number of urea groups is 1. The van der Waals surface area contributed by atoms with Gasteiger partial charge in [0.2, 0.25) is 0 Å². The van der Waals surface area contributed by atoms with Crippen molar-refractivity contribution in [2.75, 3.05) is 36.4 Å². The van der Waals surface area contributed by atoms with Gasteiger partial charge in [0.1, 0.15) is 16.5 Å². The molecule has 0 spiro atoms. The van der Waals surface area contributed by atoms with Crippen molar-refractivity contribution >= 4 is 39.1 Å². The number of thiophene rings is 1. The van der Waals surface area contributed by atoms with Crippen LogP contribution in [-0.2, 0) is 12.8 Å². The summed E-state index contributed by atoms with van der Waals surface area (Å²) in [5.41, 5.74) is 2.73. The maximum Gasteiger partial charge on any atom is 0.321 e. The summed E-state index contributed by atoms with van der Waals surface area (Å²) in [6.07, 6.45) is 4.46. The average molecular weight is 489 g/mol. The summed E-state index contributed by atoms with van der Waals surface area (Å²) >= 11 is 1.86. The number of nitrogens with zero attached hydrogens (tertiary/aromatic N) is 5. The van der Waals surface area contributed by atoms with Gasteiger partial charge in [0.25, 0.3) is 0 Å². The number of benzene rings is 1. The lowest BCUT2D eigenvalue weighted by molar-refractivity contribution is 0.208. The van der Waals surface area contributed by atoms with E-state index >= 15 is 0 Å². The van der Waals surface area contributed by atoms with Crippen molar-refractivity contribution in [3.63, 3.8) is 0 Å². The fraction of sp³-hybridized carbons (Fsp3) is 0.481. The molecule has 1 N–H and O–H groups in total. The molecule has 0 unspecified atom stereocenters. The molecule has 0 radical (unpaired) electrons. The quantitative estimate of drug-likeness (QED) is 0.520. The van der Waals surface area contributed by atoms with Gasteiger partial charge in [0.05, 0.1) is 17.0 Å². The Bertz CT molecular complexity index is 1270. The van der Waals surface area contributed by atoms with Crippen molar-refractivity contribution < 1.29 is 4.79 Å². The standard InChI is InChI=1S/C27H32N6OS/c1-4-18(3)24-30-25(23-21-10-5-17(2)15-22(21)35-26(23)31-24)32-11-13-33(14-12-32)27(34)29-20-8-6-19(16-28)7-9-20/h6-9,17-18H,4-5,10-15H2,1-3H3,(H,29,34)/t17-,18-/m1/s1. The Morgan fingerprint density at radius 2 is 1.97 bits per heavy atom. The summed E-state index contributed by atoms with van der Waals surface area (Å²) in [4.78, 5) is 29.8. The van der Waals surface area contributed by atoms with Crippen LogP contribution in [0.25, 0.3) is 10.2 Å². The van der Waals surface area contributed by atoms with Gasteiger partial charge in [0, 0.05) is 42.7 Å². The summed E-state index contributed by atoms with van der Waals surface area (Å²) in [7, 11) is 0. The SMILES string of the molecule is CC[C@@H](C)c1nc(N2CCN(C(=O)Nc3ccc(C#N)cc3)CC2)c2c3c(sc2n1)C[C@H](C)CC3. The lowest BCUT2D eigenvalue weighted by Crippen LogP contribution is -2.50. The van der Waals surface area contributed by atoms with E-state index in [9.17, 15) is 4.79 Å². The van der Waals surface area contributed by atoms with E-state index in [1.807, 2.05) is 16.2 Å². The van der Waals surface area contributed by atoms with Crippen molar-refractivity contribution in [3.05, 3.63) is 46.1 Å². The first-order valence-electron chi connectivity index (χ1n) is 12.6. The summed E-state index contributed by atoms with van der Waals surface area (Å²) in [6.45, 7) is 9.48. The Labute approximate surface area is 210 Å². The first-order valence-corrected chi connectivity index (χ1v) is 13.4. The van der Waals surface area contributed by atoms with Gasteiger partial charge in [0.15, 0.2) is 0 Å². The minimum atomic E-state index is -0.107. The third kappa shape index (κ3) is 4.70. The third-order valence-electron chi connectivity index (χ3n) is 7.34. The lowest BCUT2D eigenvalue weighted by Gasteiger charge is -2.36. The minimum Gasteiger partial charge on any atom is -0.352 e. The van der Waals surface area contributed by atoms with Gasteiger partial charge in [-0.1, -0.05) is 20.8 Å². The largest absolute Gasteiger partial charge is 0.352 e. The van der Waals surface area contributed by atoms with Crippen LogP contribution in [0.2, 0.25) is 0 Å². The number of rotatable bonds is 4. The number of anilines is 2. The van der Waals surface area contributed by atoms with Gasteiger partial charge in [-0.15, -0.1) is 11.3 Å². The smallest absolute Gasteiger partial charge is 0.321 e. The van der Waals surface area contributed by atoms with E-state index in [4.69, 9.17) is 15.2 Å². The van der Waals surface area contributed by atoms with Crippen molar-refractivity contribution in [2.45, 2.75) is 52.4 Å². The van der Waals surface area contributed by atoms with Gasteiger partial charge in [-0.05, 0) is 61.4 Å². The van der Waals surface area contributed by atoms with Crippen LogP contribution in [0, 0.1) is 17.2 Å². The van der Waals surface area contributed by atoms with Crippen LogP contribution >= 0.6 is 11.3 Å². The van der Waals surface area contributed by atoms with Crippen LogP contribution in [0.1, 0.15) is 61.4 Å². The summed E-state index contributed by atoms with van der Waals surface area (Å²) in [5, 5.41) is 13.2. The zero-order valence-corrected chi connectivity index (χ0v) is 21.5. The molecule has 5 rings (SSSR count). The molecule has 182 valence electrons. The highest BCUT2D eigenvalue weighted by Gasteiger charge is 2.29. The molecule has 2 aliphatic rings. The zero-order chi connectivity index (χ0) is 24.5. The average Bonchev–Trinajstić information content (AvgIpc) is 3.25. The summed E-state index contributed by atoms with van der Waals surface area (Å²) in [5.74, 6) is 3.03. The Kier molecular flexibility index (Phi) is 6.61. The van der Waals surface area contributed by atoms with Gasteiger partial charge in [-0.3, -0.25) is 0 Å². The fourth-order valence-corrected chi connectivity index (χ4v) is 6.31. The van der Waals surface area contributed by atoms with Crippen molar-refractivity contribution in [1.82, 2.24) is 14.9 Å². The second-order valence-corrected chi connectivity index (χ2v) is 10.9. The number of nitriles is 1. The van der Waals surface area contributed by atoms with Crippen molar-refractivity contribution in [1.29, 1.82) is 5.26 Å². The molecule has 1 fully saturated rings. The Morgan fingerprint density at radius 1 is 1.23 bits per heavy atom. The number of aromatic nitrogens is 2. The first-order chi connectivity index (χ1) is 17.0. The molecule has 1 saturated heterocycles. The molecule has 0 saturated carbocycles. The number of nitrogens with one attached hydrogen (secondary N) is 1. The van der Waals surface area contributed by atoms with E-state index in [0.717, 1.165) is 54.7 Å². The van der Waals surface area contributed by atoms with Crippen LogP contribution in [0.3, 0.4) is 0 Å². The second-order valence-electron chi connectivity index (χ2n) is 9.84. The van der Waals surface area contributed by atoms with E-state index in [1.165, 1.54) is 22.2 Å². The maximum atomic E-state index is 12.8. The molecule has 8 heteroatoms. The van der Waals surface area contributed by atoms with Gasteiger partial charge < -0.3 is 15.1 Å². The van der Waals surface area contributed by atoms with Crippen LogP contribution < -0.4 is 10.2 Å². The highest BCUT2D eigenvalue weighted by atomic mass is 32.1. The molecule has 1 aromatic carbocycles. The van der Waals surface area contributed by atoms with Gasteiger partial charge in [-0.2, -0.15) is 5.26 Å². The molecule has 1 aliphatic heterocycles. The predicted molar refractivity (Wildman–Crippen MR) is 141 cm³/mol. The van der Waals surface area contributed by atoms with Crippen LogP contribution in [0.4, 0.5) is 16.3 Å². The van der Waals surface area contributed by atoms with E-state index in [2.05, 4.69) is 37.1 Å². The van der Waals surface area contributed by atoms with Crippen LogP contribution in [0.5, 0.6) is 0 Å². The van der Waals surface area contributed by atoms with Gasteiger partial charge in [-0.25, -0.2) is 14.8 Å². The van der Waals surface area contributed by atoms with E-state index in [1.54, 1.807) is 24.3 Å². The van der Waals surface area contributed by atoms with Crippen LogP contribution in [0.15, 0.2) is 24.3 Å². The van der Waals surface area contributed by atoms with Crippen LogP contribution in [-0.4, -0.2) is 47.1 Å². The number of carbonyl (C=O) groups is 1. The number of hydrogen-bond donors (Lipinski definition) is 1. The number of amides is 2. The molecular formula is C27H32N6OS. The number of fused-ring (bicyclic) bond motifs is 3. The maximum absolute atomic E-state index is 12.8. The van der Waals surface area contributed by atoms with Gasteiger partial charge >= 0.3 is 6.03 Å². The van der Waals surface area contributed by atoms with Crippen molar-refractivity contribution in [3.8, 4) is 6.07 Å². The van der Waals surface area contributed by atoms with Crippen molar-refractivity contribution in [2.24, 2.45) is 5.92 Å². The summed E-state index contributed by atoms with van der Waals surface area (Å²) < 4.78 is 0. The topological polar surface area (TPSA) is 85.2 Å². The Morgan fingerprint density at radius 3 is 2.66 bits per heavy atom. The normalized spacial score (nSPS) is 18.7. The van der Waals surface area contributed by atoms with E-state index < -0.39 is 0 Å². The highest BCUT2D eigenvalue weighted by Crippen LogP contribution is 2.42. The zero-order valence-electron chi connectivity index (χ0n) is 20.7. The minimum absolute atomic E-state index is 0.107. The molecule has 3 heterocycles. The molecule has 2 aromatic heterocycles. The summed E-state index contributed by atoms with van der Waals surface area (Å²) in [6, 6.07) is 8.95. The number of aryl methyl sites for hydroxylation is 1. The Hall–Kier alpha value is -3.18. The molecule has 3 aromatic rings. The second kappa shape index (κ2) is 9.82. The third-order valence-corrected chi connectivity index (χ3v) is 8.49. The molecule has 0 bridgehead atoms. The molecule has 2 amide bonds. The van der Waals surface area contributed by atoms with E-state index in [-0.39, 0.29) is 6.03 Å². The molecular weight excluding hydrogens is 456 g/mol. The highest BCUT2D eigenvalue weighted by molar-refractivity contribution is 7.19. The number of hydrogen-bond acceptors (Lipinski definition) is 6. The number of carbonyl (C=O) groups excluding carboxylic acids is 1. The molecule has 7 nitrogen and oxygen atoms in total. The predicted octanol–water partition coefficient (Wildman–Crippen LogP) is 5.56. The first kappa shape index (κ1) is 23.6. The number of piperazine rings is 1. The molecule has 1 aliphatic carbocycles. The Balaban J connectivity index is 1.37. The fourth-order valence-electron chi connectivity index (χ4n) is 4.92. The van der Waals surface area contributed by atoms with E-state index in [0.29, 0.717) is 30.3 Å². The molecule has 2 atom stereocenters. The lowest BCUT2D eigenvalue weighted by atomic mass is 9.89. The monoisotopic (exact) mass is 488 g/mol. The molecule has 35 heavy (non-hydrogen) atoms.